The molecule has 24 heavy (non-hydrogen) atoms. The third kappa shape index (κ3) is 2.74. The summed E-state index contributed by atoms with van der Waals surface area (Å²) in [6.45, 7) is 1.15. The number of hydrogen-bond acceptors (Lipinski definition) is 4. The predicted octanol–water partition coefficient (Wildman–Crippen LogP) is 3.75. The van der Waals surface area contributed by atoms with Crippen LogP contribution in [0.4, 0.5) is 11.5 Å². The average Bonchev–Trinajstić information content (AvgIpc) is 3.16. The van der Waals surface area contributed by atoms with Crippen LogP contribution in [0.5, 0.6) is 5.75 Å². The molecule has 0 radical (unpaired) electrons. The second-order valence-electron chi connectivity index (χ2n) is 5.75. The Morgan fingerprint density at radius 3 is 2.83 bits per heavy atom. The van der Waals surface area contributed by atoms with E-state index in [9.17, 15) is 0 Å². The molecule has 0 unspecified atom stereocenters. The summed E-state index contributed by atoms with van der Waals surface area (Å²) in [6, 6.07) is 16.3. The van der Waals surface area contributed by atoms with Crippen molar-refractivity contribution in [1.29, 1.82) is 0 Å². The number of nitrogens with zero attached hydrogens (tertiary/aromatic N) is 1. The van der Waals surface area contributed by atoms with Crippen molar-refractivity contribution in [3.63, 3.8) is 0 Å². The second-order valence-corrected chi connectivity index (χ2v) is 5.75. The summed E-state index contributed by atoms with van der Waals surface area (Å²) in [4.78, 5) is 0. The molecule has 2 aromatic carbocycles. The molecule has 0 aliphatic heterocycles. The summed E-state index contributed by atoms with van der Waals surface area (Å²) < 4.78 is 10.7. The van der Waals surface area contributed by atoms with Crippen LogP contribution in [0.1, 0.15) is 11.1 Å². The van der Waals surface area contributed by atoms with E-state index in [2.05, 4.69) is 27.6 Å². The highest BCUT2D eigenvalue weighted by Gasteiger charge is 2.25. The summed E-state index contributed by atoms with van der Waals surface area (Å²) in [5, 5.41) is 11.0. The molecule has 2 N–H and O–H groups in total. The Morgan fingerprint density at radius 2 is 2.00 bits per heavy atom. The molecule has 0 fully saturated rings. The number of fused-ring (bicyclic) bond motifs is 3. The Hall–Kier alpha value is -2.79. The highest BCUT2D eigenvalue weighted by atomic mass is 16.5. The lowest BCUT2D eigenvalue weighted by Crippen LogP contribution is -2.04. The molecule has 0 spiro atoms. The molecular formula is C19H19N3O2. The van der Waals surface area contributed by atoms with Crippen LogP contribution in [0, 0.1) is 0 Å². The first kappa shape index (κ1) is 14.8. The third-order valence-corrected chi connectivity index (χ3v) is 4.17. The lowest BCUT2D eigenvalue weighted by Gasteiger charge is -2.07. The van der Waals surface area contributed by atoms with Gasteiger partial charge in [0.2, 0.25) is 0 Å². The van der Waals surface area contributed by atoms with E-state index in [-0.39, 0.29) is 0 Å². The number of rotatable bonds is 6. The molecule has 0 amide bonds. The fourth-order valence-electron chi connectivity index (χ4n) is 3.00. The Labute approximate surface area is 140 Å². The monoisotopic (exact) mass is 321 g/mol. The van der Waals surface area contributed by atoms with Crippen LogP contribution >= 0.6 is 0 Å². The van der Waals surface area contributed by atoms with Gasteiger partial charge in [-0.1, -0.05) is 18.2 Å². The first-order chi connectivity index (χ1) is 11.8. The summed E-state index contributed by atoms with van der Waals surface area (Å²) in [6.07, 6.45) is 0.845. The smallest absolute Gasteiger partial charge is 0.156 e. The molecule has 1 aliphatic rings. The maximum atomic E-state index is 5.71. The van der Waals surface area contributed by atoms with Crippen LogP contribution in [-0.2, 0) is 11.2 Å². The van der Waals surface area contributed by atoms with Crippen molar-refractivity contribution >= 4 is 11.5 Å². The standard InChI is InChI=1S/C19H19N3O2/c1-23-9-10-24-15-7-8-16-13(11-15)12-17-18(16)21-22-19(17)20-14-5-3-2-4-6-14/h2-8,11H,9-10,12H2,1H3,(H2,20,21,22). The van der Waals surface area contributed by atoms with Gasteiger partial charge < -0.3 is 14.8 Å². The quantitative estimate of drug-likeness (QED) is 0.531. The molecule has 0 saturated heterocycles. The first-order valence-corrected chi connectivity index (χ1v) is 7.99. The molecule has 0 atom stereocenters. The minimum Gasteiger partial charge on any atom is -0.491 e. The molecule has 5 nitrogen and oxygen atoms in total. The zero-order valence-electron chi connectivity index (χ0n) is 13.5. The number of methoxy groups -OCH3 is 1. The van der Waals surface area contributed by atoms with Gasteiger partial charge in [0.15, 0.2) is 5.82 Å². The summed E-state index contributed by atoms with van der Waals surface area (Å²) in [7, 11) is 1.67. The van der Waals surface area contributed by atoms with Gasteiger partial charge in [0.1, 0.15) is 12.4 Å². The molecule has 0 bridgehead atoms. The number of ether oxygens (including phenoxy) is 2. The molecule has 1 aliphatic carbocycles. The fourth-order valence-corrected chi connectivity index (χ4v) is 3.00. The number of H-pyrrole nitrogens is 1. The zero-order chi connectivity index (χ0) is 16.4. The summed E-state index contributed by atoms with van der Waals surface area (Å²) >= 11 is 0. The van der Waals surface area contributed by atoms with E-state index in [0.717, 1.165) is 29.4 Å². The van der Waals surface area contributed by atoms with Gasteiger partial charge in [0.05, 0.1) is 12.3 Å². The van der Waals surface area contributed by atoms with Gasteiger partial charge in [0, 0.05) is 30.3 Å². The van der Waals surface area contributed by atoms with Gasteiger partial charge >= 0.3 is 0 Å². The normalized spacial score (nSPS) is 11.9. The Balaban J connectivity index is 1.55. The largest absolute Gasteiger partial charge is 0.491 e. The molecule has 4 rings (SSSR count). The van der Waals surface area contributed by atoms with Crippen molar-refractivity contribution in [3.8, 4) is 17.0 Å². The maximum Gasteiger partial charge on any atom is 0.156 e. The highest BCUT2D eigenvalue weighted by Crippen LogP contribution is 2.40. The molecule has 5 heteroatoms. The van der Waals surface area contributed by atoms with Crippen LogP contribution in [0.25, 0.3) is 11.3 Å². The van der Waals surface area contributed by atoms with Crippen molar-refractivity contribution in [2.45, 2.75) is 6.42 Å². The van der Waals surface area contributed by atoms with Gasteiger partial charge in [-0.25, -0.2) is 0 Å². The number of nitrogens with one attached hydrogen (secondary N) is 2. The molecular weight excluding hydrogens is 302 g/mol. The summed E-state index contributed by atoms with van der Waals surface area (Å²) in [5.41, 5.74) is 5.77. The number of hydrogen-bond donors (Lipinski definition) is 2. The van der Waals surface area contributed by atoms with E-state index in [1.54, 1.807) is 7.11 Å². The number of benzene rings is 2. The first-order valence-electron chi connectivity index (χ1n) is 7.99. The maximum absolute atomic E-state index is 5.71. The van der Waals surface area contributed by atoms with E-state index in [4.69, 9.17) is 9.47 Å². The van der Waals surface area contributed by atoms with Gasteiger partial charge in [0.25, 0.3) is 0 Å². The van der Waals surface area contributed by atoms with Crippen LogP contribution in [0.15, 0.2) is 48.5 Å². The van der Waals surface area contributed by atoms with Gasteiger partial charge in [-0.2, -0.15) is 5.10 Å². The van der Waals surface area contributed by atoms with Crippen LogP contribution in [0.2, 0.25) is 0 Å². The number of aromatic nitrogens is 2. The molecule has 1 aromatic heterocycles. The highest BCUT2D eigenvalue weighted by molar-refractivity contribution is 5.80. The lowest BCUT2D eigenvalue weighted by atomic mass is 10.1. The minimum absolute atomic E-state index is 0.558. The van der Waals surface area contributed by atoms with Gasteiger partial charge in [-0.15, -0.1) is 0 Å². The molecule has 0 saturated carbocycles. The SMILES string of the molecule is COCCOc1ccc2c(c1)Cc1c(Nc3ccccc3)n[nH]c1-2. The van der Waals surface area contributed by atoms with Crippen molar-refractivity contribution in [2.75, 3.05) is 25.6 Å². The van der Waals surface area contributed by atoms with Crippen molar-refractivity contribution < 1.29 is 9.47 Å². The van der Waals surface area contributed by atoms with Crippen molar-refractivity contribution in [3.05, 3.63) is 59.7 Å². The predicted molar refractivity (Wildman–Crippen MR) is 93.9 cm³/mol. The van der Waals surface area contributed by atoms with E-state index in [1.807, 2.05) is 36.4 Å². The minimum atomic E-state index is 0.558. The van der Waals surface area contributed by atoms with Crippen LogP contribution < -0.4 is 10.1 Å². The Kier molecular flexibility index (Phi) is 3.92. The molecule has 3 aromatic rings. The van der Waals surface area contributed by atoms with E-state index < -0.39 is 0 Å². The van der Waals surface area contributed by atoms with Crippen LogP contribution in [0.3, 0.4) is 0 Å². The fraction of sp³-hybridized carbons (Fsp3) is 0.211. The van der Waals surface area contributed by atoms with Crippen molar-refractivity contribution in [2.24, 2.45) is 0 Å². The topological polar surface area (TPSA) is 59.2 Å². The number of para-hydroxylation sites is 1. The second kappa shape index (κ2) is 6.37. The number of aromatic amines is 1. The summed E-state index contributed by atoms with van der Waals surface area (Å²) in [5.74, 6) is 1.76. The van der Waals surface area contributed by atoms with E-state index >= 15 is 0 Å². The van der Waals surface area contributed by atoms with Crippen molar-refractivity contribution in [1.82, 2.24) is 10.2 Å². The molecule has 122 valence electrons. The Morgan fingerprint density at radius 1 is 1.12 bits per heavy atom. The zero-order valence-corrected chi connectivity index (χ0v) is 13.5. The molecule has 1 heterocycles. The number of anilines is 2. The Bertz CT molecular complexity index is 843. The van der Waals surface area contributed by atoms with E-state index in [1.165, 1.54) is 16.7 Å². The average molecular weight is 321 g/mol. The van der Waals surface area contributed by atoms with E-state index in [0.29, 0.717) is 13.2 Å². The van der Waals surface area contributed by atoms with Gasteiger partial charge in [-0.05, 0) is 35.9 Å². The van der Waals surface area contributed by atoms with Gasteiger partial charge in [-0.3, -0.25) is 5.10 Å². The van der Waals surface area contributed by atoms with Crippen LogP contribution in [-0.4, -0.2) is 30.5 Å². The third-order valence-electron chi connectivity index (χ3n) is 4.17. The lowest BCUT2D eigenvalue weighted by molar-refractivity contribution is 0.146.